The Hall–Kier alpha value is -17.9. The van der Waals surface area contributed by atoms with Gasteiger partial charge in [0.05, 0.1) is 10.8 Å². The van der Waals surface area contributed by atoms with Gasteiger partial charge in [0.25, 0.3) is 0 Å². The Morgan fingerprint density at radius 2 is 0.401 bits per heavy atom. The second-order valence-corrected chi connectivity index (χ2v) is 40.2. The minimum atomic E-state index is -0.528. The average Bonchev–Trinajstić information content (AvgIpc) is 1.49. The topological polar surface area (TPSA) is 13.1 Å². The molecule has 0 saturated carbocycles. The van der Waals surface area contributed by atoms with Gasteiger partial charge in [0.15, 0.2) is 0 Å². The number of furan rings is 1. The standard InChI is InChI=1S/C72H46.C69H40O/c1-71(2)62-35-16-13-25-49(62)52-39-38-45(41-65(52)71)67-56-31-9-7-29-54(56)66(55-30-8-10-32-57(55)67)44-21-19-20-43(40-44)60-42-61-68-53-28-6-3-22-46(53)47-23-4-12-34-59(47)70(68)72(69(61)58-33-11-5-24-48(58)60)63-36-17-14-26-50(63)51-27-15-18-37-64(51)72;1-4-23-50-44(17-1)45-18-2-10-29-56(45)68-66(50)59-40-57(46-19-3-9-28-55(46)67(59)69(68)60-30-14-11-20-47(60)48-21-12-15-31-61(48)69)41-33-35-42(36-34-41)64-51-24-5-7-26-53(51)65(54-27-8-6-25-52(54)64)43-37-38-63-58(39-43)49-22-13-16-32-62(49)70-63/h3-42H,1-2H3;1-40H. The van der Waals surface area contributed by atoms with Crippen molar-refractivity contribution in [2.24, 2.45) is 0 Å². The summed E-state index contributed by atoms with van der Waals surface area (Å²) in [6.07, 6.45) is 0. The summed E-state index contributed by atoms with van der Waals surface area (Å²) < 4.78 is 6.28. The van der Waals surface area contributed by atoms with Crippen LogP contribution in [0.25, 0.3) is 252 Å². The molecule has 0 N–H and O–H groups in total. The van der Waals surface area contributed by atoms with Crippen LogP contribution in [0, 0.1) is 0 Å². The molecule has 1 heterocycles. The third-order valence-electron chi connectivity index (χ3n) is 33.2. The first-order valence-corrected chi connectivity index (χ1v) is 49.9. The van der Waals surface area contributed by atoms with Crippen LogP contribution in [0.5, 0.6) is 0 Å². The van der Waals surface area contributed by atoms with Crippen LogP contribution >= 0.6 is 0 Å². The van der Waals surface area contributed by atoms with Gasteiger partial charge in [-0.05, 0) is 328 Å². The van der Waals surface area contributed by atoms with Crippen molar-refractivity contribution in [2.45, 2.75) is 30.1 Å². The van der Waals surface area contributed by atoms with E-state index in [9.17, 15) is 0 Å². The zero-order valence-electron chi connectivity index (χ0n) is 78.1. The quantitative estimate of drug-likeness (QED) is 0.119. The largest absolute Gasteiger partial charge is 0.456 e. The number of rotatable bonds is 6. The molecule has 142 heavy (non-hydrogen) atoms. The molecule has 27 aromatic rings. The van der Waals surface area contributed by atoms with Gasteiger partial charge in [0, 0.05) is 16.2 Å². The van der Waals surface area contributed by atoms with E-state index in [4.69, 9.17) is 4.42 Å². The van der Waals surface area contributed by atoms with Crippen molar-refractivity contribution < 1.29 is 4.42 Å². The summed E-state index contributed by atoms with van der Waals surface area (Å²) in [7, 11) is 0. The number of para-hydroxylation sites is 1. The fourth-order valence-corrected chi connectivity index (χ4v) is 27.8. The Balaban J connectivity index is 0.000000130. The molecule has 656 valence electrons. The van der Waals surface area contributed by atoms with E-state index >= 15 is 0 Å². The molecule has 0 aliphatic heterocycles. The lowest BCUT2D eigenvalue weighted by Crippen LogP contribution is -2.26. The minimum Gasteiger partial charge on any atom is -0.456 e. The van der Waals surface area contributed by atoms with Gasteiger partial charge in [0.1, 0.15) is 11.2 Å². The van der Waals surface area contributed by atoms with Crippen LogP contribution in [0.2, 0.25) is 0 Å². The fourth-order valence-electron chi connectivity index (χ4n) is 27.8. The average molecular weight is 1800 g/mol. The minimum absolute atomic E-state index is 0.0920. The normalized spacial score (nSPS) is 13.7. The second-order valence-electron chi connectivity index (χ2n) is 40.2. The summed E-state index contributed by atoms with van der Waals surface area (Å²) in [4.78, 5) is 0. The van der Waals surface area contributed by atoms with Gasteiger partial charge in [-0.3, -0.25) is 0 Å². The van der Waals surface area contributed by atoms with Crippen molar-refractivity contribution in [2.75, 3.05) is 0 Å². The van der Waals surface area contributed by atoms with Gasteiger partial charge in [-0.15, -0.1) is 0 Å². The van der Waals surface area contributed by atoms with Crippen molar-refractivity contribution in [3.05, 3.63) is 541 Å². The van der Waals surface area contributed by atoms with Crippen molar-refractivity contribution >= 4 is 130 Å². The van der Waals surface area contributed by atoms with Crippen molar-refractivity contribution in [1.82, 2.24) is 0 Å². The Labute approximate surface area is 821 Å². The summed E-state index contributed by atoms with van der Waals surface area (Å²) in [5.41, 5.74) is 42.6. The maximum atomic E-state index is 6.28. The zero-order chi connectivity index (χ0) is 93.1. The van der Waals surface area contributed by atoms with E-state index in [-0.39, 0.29) is 5.41 Å². The van der Waals surface area contributed by atoms with Crippen LogP contribution in [0.15, 0.2) is 490 Å². The molecule has 0 bridgehead atoms. The lowest BCUT2D eigenvalue weighted by molar-refractivity contribution is 0.660. The smallest absolute Gasteiger partial charge is 0.135 e. The number of hydrogen-bond donors (Lipinski definition) is 0. The summed E-state index contributed by atoms with van der Waals surface area (Å²) in [6.45, 7) is 4.76. The van der Waals surface area contributed by atoms with E-state index < -0.39 is 10.8 Å². The van der Waals surface area contributed by atoms with Gasteiger partial charge in [-0.25, -0.2) is 0 Å². The van der Waals surface area contributed by atoms with Crippen LogP contribution < -0.4 is 0 Å². The lowest BCUT2D eigenvalue weighted by Gasteiger charge is -2.33. The third-order valence-corrected chi connectivity index (χ3v) is 33.2. The van der Waals surface area contributed by atoms with Crippen molar-refractivity contribution in [3.8, 4) is 122 Å². The monoisotopic (exact) mass is 1790 g/mol. The molecule has 32 rings (SSSR count). The van der Waals surface area contributed by atoms with Gasteiger partial charge in [0.2, 0.25) is 0 Å². The first-order valence-electron chi connectivity index (χ1n) is 49.9. The molecule has 5 aliphatic carbocycles. The van der Waals surface area contributed by atoms with Crippen LogP contribution in [-0.2, 0) is 16.2 Å². The van der Waals surface area contributed by atoms with Crippen molar-refractivity contribution in [1.29, 1.82) is 0 Å². The van der Waals surface area contributed by atoms with E-state index in [2.05, 4.69) is 493 Å². The van der Waals surface area contributed by atoms with Crippen LogP contribution in [0.3, 0.4) is 0 Å². The summed E-state index contributed by atoms with van der Waals surface area (Å²) >= 11 is 0. The number of hydrogen-bond acceptors (Lipinski definition) is 1. The molecular formula is C141H86O. The predicted molar refractivity (Wildman–Crippen MR) is 598 cm³/mol. The Morgan fingerprint density at radius 1 is 0.134 bits per heavy atom. The highest BCUT2D eigenvalue weighted by atomic mass is 16.3. The maximum Gasteiger partial charge on any atom is 0.135 e. The highest BCUT2D eigenvalue weighted by molar-refractivity contribution is 6.28. The SMILES string of the molecule is CC1(C)c2ccccc2-c2ccc(-c3c4ccccc4c(-c4cccc(-c5cc6c(c7ccccc57)C5(c7ccccc7-c7ccccc75)c5c-6c6ccccc6c6ccccc56)c4)c4ccccc34)cc21.c1ccc2c(c1)-c1ccccc1C21c2c(cc(-c3ccc(-c4c5ccccc5c(-c5ccc6oc7ccccc7c6c5)c5ccccc45)cc3)c3ccccc23)-c2c1c1ccccc1c1ccccc21. The van der Waals surface area contributed by atoms with E-state index in [1.165, 1.54) is 286 Å². The molecule has 0 atom stereocenters. The van der Waals surface area contributed by atoms with Gasteiger partial charge < -0.3 is 4.42 Å². The highest BCUT2D eigenvalue weighted by Gasteiger charge is 2.56. The van der Waals surface area contributed by atoms with E-state index in [0.717, 1.165) is 21.9 Å². The summed E-state index contributed by atoms with van der Waals surface area (Å²) in [6, 6.07) is 183. The van der Waals surface area contributed by atoms with Gasteiger partial charge >= 0.3 is 0 Å². The molecule has 0 amide bonds. The van der Waals surface area contributed by atoms with Crippen molar-refractivity contribution in [3.63, 3.8) is 0 Å². The molecular weight excluding hydrogens is 1710 g/mol. The molecule has 1 nitrogen and oxygen atoms in total. The van der Waals surface area contributed by atoms with Gasteiger partial charge in [-0.1, -0.05) is 457 Å². The Bertz CT molecular complexity index is 10100. The lowest BCUT2D eigenvalue weighted by atomic mass is 9.68. The third kappa shape index (κ3) is 10.5. The Kier molecular flexibility index (Phi) is 16.5. The first kappa shape index (κ1) is 79.2. The fraction of sp³-hybridized carbons (Fsp3) is 0.0355. The number of benzene rings is 26. The van der Waals surface area contributed by atoms with E-state index in [0.29, 0.717) is 0 Å². The van der Waals surface area contributed by atoms with Crippen LogP contribution in [0.1, 0.15) is 69.5 Å². The summed E-state index contributed by atoms with van der Waals surface area (Å²) in [5, 5.41) is 27.8. The predicted octanol–water partition coefficient (Wildman–Crippen LogP) is 37.8. The van der Waals surface area contributed by atoms with Crippen LogP contribution in [0.4, 0.5) is 0 Å². The number of fused-ring (bicyclic) bond motifs is 44. The molecule has 0 fully saturated rings. The molecule has 5 aliphatic rings. The van der Waals surface area contributed by atoms with Gasteiger partial charge in [-0.2, -0.15) is 0 Å². The second kappa shape index (κ2) is 29.6. The summed E-state index contributed by atoms with van der Waals surface area (Å²) in [5.74, 6) is 0. The molecule has 1 aromatic heterocycles. The van der Waals surface area contributed by atoms with Crippen LogP contribution in [-0.4, -0.2) is 0 Å². The zero-order valence-corrected chi connectivity index (χ0v) is 78.1. The molecule has 26 aromatic carbocycles. The first-order chi connectivity index (χ1) is 70.3. The molecule has 2 spiro atoms. The molecule has 0 unspecified atom stereocenters. The Morgan fingerprint density at radius 3 is 0.824 bits per heavy atom. The van der Waals surface area contributed by atoms with E-state index in [1.807, 2.05) is 6.07 Å². The van der Waals surface area contributed by atoms with E-state index in [1.54, 1.807) is 0 Å². The molecule has 1 heteroatoms. The molecule has 0 saturated heterocycles. The molecule has 0 radical (unpaired) electrons. The maximum absolute atomic E-state index is 6.28. The highest BCUT2D eigenvalue weighted by Crippen LogP contribution is 2.70.